The van der Waals surface area contributed by atoms with Gasteiger partial charge in [0, 0.05) is 6.54 Å². The molecule has 2 heterocycles. The van der Waals surface area contributed by atoms with Gasteiger partial charge in [0.25, 0.3) is 5.91 Å². The molecule has 0 spiro atoms. The van der Waals surface area contributed by atoms with Crippen molar-refractivity contribution in [2.24, 2.45) is 0 Å². The molecule has 2 aliphatic heterocycles. The molecule has 1 fully saturated rings. The van der Waals surface area contributed by atoms with Gasteiger partial charge in [0.2, 0.25) is 11.8 Å². The van der Waals surface area contributed by atoms with Crippen molar-refractivity contribution < 1.29 is 19.1 Å². The third kappa shape index (κ3) is 3.75. The zero-order valence-electron chi connectivity index (χ0n) is 15.3. The number of carbonyl (C=O) groups excluding carboxylic acids is 3. The van der Waals surface area contributed by atoms with Crippen molar-refractivity contribution in [2.45, 2.75) is 18.6 Å². The summed E-state index contributed by atoms with van der Waals surface area (Å²) >= 11 is 0. The Morgan fingerprint density at radius 1 is 1.07 bits per heavy atom. The highest BCUT2D eigenvalue weighted by Gasteiger charge is 2.32. The van der Waals surface area contributed by atoms with E-state index in [9.17, 15) is 14.4 Å². The Morgan fingerprint density at radius 2 is 1.82 bits per heavy atom. The van der Waals surface area contributed by atoms with Crippen molar-refractivity contribution in [1.82, 2.24) is 10.2 Å². The van der Waals surface area contributed by atoms with Crippen LogP contribution in [0.1, 0.15) is 28.4 Å². The van der Waals surface area contributed by atoms with Crippen LogP contribution in [0.15, 0.2) is 54.6 Å². The van der Waals surface area contributed by atoms with Crippen LogP contribution in [0.3, 0.4) is 0 Å². The van der Waals surface area contributed by atoms with Gasteiger partial charge in [-0.3, -0.25) is 14.4 Å². The first-order valence-electron chi connectivity index (χ1n) is 9.27. The Balaban J connectivity index is 1.43. The highest BCUT2D eigenvalue weighted by atomic mass is 16.5. The molecule has 0 aromatic heterocycles. The maximum absolute atomic E-state index is 12.8. The third-order valence-electron chi connectivity index (χ3n) is 5.02. The normalized spacial score (nSPS) is 21.9. The zero-order valence-corrected chi connectivity index (χ0v) is 15.3. The second kappa shape index (κ2) is 7.82. The summed E-state index contributed by atoms with van der Waals surface area (Å²) in [5.41, 5.74) is 1.85. The highest BCUT2D eigenvalue weighted by Crippen LogP contribution is 2.23. The maximum Gasteiger partial charge on any atom is 0.254 e. The van der Waals surface area contributed by atoms with E-state index in [2.05, 4.69) is 10.6 Å². The monoisotopic (exact) mass is 379 g/mol. The Kier molecular flexibility index (Phi) is 5.08. The van der Waals surface area contributed by atoms with E-state index in [0.29, 0.717) is 30.9 Å². The van der Waals surface area contributed by atoms with Gasteiger partial charge in [-0.2, -0.15) is 0 Å². The molecule has 7 nitrogen and oxygen atoms in total. The summed E-state index contributed by atoms with van der Waals surface area (Å²) in [7, 11) is 0. The molecule has 28 heavy (non-hydrogen) atoms. The Morgan fingerprint density at radius 3 is 2.64 bits per heavy atom. The molecule has 0 aliphatic carbocycles. The minimum atomic E-state index is -0.912. The van der Waals surface area contributed by atoms with Gasteiger partial charge in [-0.25, -0.2) is 0 Å². The first-order valence-corrected chi connectivity index (χ1v) is 9.27. The number of fused-ring (bicyclic) bond motifs is 1. The molecule has 1 saturated heterocycles. The second-order valence-electron chi connectivity index (χ2n) is 6.87. The summed E-state index contributed by atoms with van der Waals surface area (Å²) in [5.74, 6) is -0.939. The lowest BCUT2D eigenvalue weighted by Crippen LogP contribution is -2.48. The van der Waals surface area contributed by atoms with E-state index in [1.54, 1.807) is 29.2 Å². The fraction of sp³-hybridized carbons (Fsp3) is 0.286. The van der Waals surface area contributed by atoms with Crippen LogP contribution < -0.4 is 10.6 Å². The molecular formula is C21H21N3O4. The molecule has 7 heteroatoms. The molecule has 144 valence electrons. The van der Waals surface area contributed by atoms with Crippen molar-refractivity contribution in [3.63, 3.8) is 0 Å². The Labute approximate surface area is 162 Å². The number of nitrogens with zero attached hydrogens (tertiary/aromatic N) is 1. The molecule has 0 bridgehead atoms. The smallest absolute Gasteiger partial charge is 0.254 e. The van der Waals surface area contributed by atoms with Crippen LogP contribution in [0.2, 0.25) is 0 Å². The lowest BCUT2D eigenvalue weighted by Gasteiger charge is -2.34. The van der Waals surface area contributed by atoms with Gasteiger partial charge in [-0.05, 0) is 17.7 Å². The summed E-state index contributed by atoms with van der Waals surface area (Å²) < 4.78 is 5.79. The van der Waals surface area contributed by atoms with E-state index in [1.807, 2.05) is 30.3 Å². The lowest BCUT2D eigenvalue weighted by molar-refractivity contribution is -0.140. The molecule has 2 N–H and O–H groups in total. The zero-order chi connectivity index (χ0) is 19.5. The van der Waals surface area contributed by atoms with Gasteiger partial charge in [0.15, 0.2) is 0 Å². The molecule has 2 atom stereocenters. The fourth-order valence-corrected chi connectivity index (χ4v) is 3.50. The molecule has 2 aromatic carbocycles. The van der Waals surface area contributed by atoms with Crippen molar-refractivity contribution >= 4 is 23.4 Å². The van der Waals surface area contributed by atoms with Crippen LogP contribution in [0.25, 0.3) is 0 Å². The molecule has 2 aromatic rings. The quantitative estimate of drug-likeness (QED) is 0.850. The standard InChI is InChI=1S/C21H21N3O4/c25-19(24-10-11-28-18(13-24)14-6-2-1-3-7-14)12-17-21(27)22-16-9-5-4-8-15(16)20(26)23-17/h1-9,17-18H,10-13H2,(H,22,27)(H,23,26)/t17-,18-/m1/s1. The number of amides is 3. The average molecular weight is 379 g/mol. The van der Waals surface area contributed by atoms with Gasteiger partial charge in [0.1, 0.15) is 12.1 Å². The average Bonchev–Trinajstić information content (AvgIpc) is 2.85. The number of hydrogen-bond donors (Lipinski definition) is 2. The van der Waals surface area contributed by atoms with E-state index >= 15 is 0 Å². The summed E-state index contributed by atoms with van der Waals surface area (Å²) in [4.78, 5) is 39.4. The van der Waals surface area contributed by atoms with Crippen LogP contribution in [-0.2, 0) is 14.3 Å². The van der Waals surface area contributed by atoms with Crippen molar-refractivity contribution in [2.75, 3.05) is 25.0 Å². The highest BCUT2D eigenvalue weighted by molar-refractivity contribution is 6.10. The topological polar surface area (TPSA) is 87.7 Å². The van der Waals surface area contributed by atoms with Crippen LogP contribution in [0.5, 0.6) is 0 Å². The summed E-state index contributed by atoms with van der Waals surface area (Å²) in [6.45, 7) is 1.32. The van der Waals surface area contributed by atoms with E-state index in [-0.39, 0.29) is 30.2 Å². The van der Waals surface area contributed by atoms with E-state index < -0.39 is 6.04 Å². The SMILES string of the molecule is O=C1N[C@H](CC(=O)N2CCO[C@@H](c3ccccc3)C2)C(=O)Nc2ccccc21. The number of morpholine rings is 1. The molecule has 0 unspecified atom stereocenters. The summed E-state index contributed by atoms with van der Waals surface area (Å²) in [5, 5.41) is 5.40. The molecule has 0 saturated carbocycles. The summed E-state index contributed by atoms with van der Waals surface area (Å²) in [6, 6.07) is 15.6. The number of nitrogens with one attached hydrogen (secondary N) is 2. The van der Waals surface area contributed by atoms with E-state index in [1.165, 1.54) is 0 Å². The second-order valence-corrected chi connectivity index (χ2v) is 6.87. The number of rotatable bonds is 3. The van der Waals surface area contributed by atoms with Crippen molar-refractivity contribution in [1.29, 1.82) is 0 Å². The maximum atomic E-state index is 12.8. The van der Waals surface area contributed by atoms with Crippen LogP contribution in [0, 0.1) is 0 Å². The number of anilines is 1. The Hall–Kier alpha value is -3.19. The predicted molar refractivity (Wildman–Crippen MR) is 103 cm³/mol. The van der Waals surface area contributed by atoms with Crippen molar-refractivity contribution in [3.05, 3.63) is 65.7 Å². The van der Waals surface area contributed by atoms with Gasteiger partial charge >= 0.3 is 0 Å². The number of hydrogen-bond acceptors (Lipinski definition) is 4. The third-order valence-corrected chi connectivity index (χ3v) is 5.02. The van der Waals surface area contributed by atoms with Crippen molar-refractivity contribution in [3.8, 4) is 0 Å². The Bertz CT molecular complexity index is 900. The molecule has 3 amide bonds. The fourth-order valence-electron chi connectivity index (χ4n) is 3.50. The molecule has 4 rings (SSSR count). The van der Waals surface area contributed by atoms with E-state index in [4.69, 9.17) is 4.74 Å². The summed E-state index contributed by atoms with van der Waals surface area (Å²) in [6.07, 6.45) is -0.284. The molecular weight excluding hydrogens is 358 g/mol. The van der Waals surface area contributed by atoms with Gasteiger partial charge < -0.3 is 20.3 Å². The first kappa shape index (κ1) is 18.2. The number of ether oxygens (including phenoxy) is 1. The number of carbonyl (C=O) groups is 3. The molecule has 2 aliphatic rings. The predicted octanol–water partition coefficient (Wildman–Crippen LogP) is 1.73. The largest absolute Gasteiger partial charge is 0.370 e. The van der Waals surface area contributed by atoms with Gasteiger partial charge in [0.05, 0.1) is 30.8 Å². The van der Waals surface area contributed by atoms with Crippen LogP contribution >= 0.6 is 0 Å². The first-order chi connectivity index (χ1) is 13.6. The number of para-hydroxylation sites is 1. The minimum Gasteiger partial charge on any atom is -0.370 e. The molecule has 0 radical (unpaired) electrons. The minimum absolute atomic E-state index is 0.0902. The van der Waals surface area contributed by atoms with Crippen LogP contribution in [-0.4, -0.2) is 48.4 Å². The van der Waals surface area contributed by atoms with E-state index in [0.717, 1.165) is 5.56 Å². The van der Waals surface area contributed by atoms with Crippen LogP contribution in [0.4, 0.5) is 5.69 Å². The lowest BCUT2D eigenvalue weighted by atomic mass is 10.1. The number of benzene rings is 2. The van der Waals surface area contributed by atoms with Gasteiger partial charge in [-0.15, -0.1) is 0 Å². The van der Waals surface area contributed by atoms with Gasteiger partial charge in [-0.1, -0.05) is 42.5 Å².